The van der Waals surface area contributed by atoms with Gasteiger partial charge in [-0.2, -0.15) is 8.42 Å². The van der Waals surface area contributed by atoms with Crippen molar-refractivity contribution < 1.29 is 22.0 Å². The molecule has 7 nitrogen and oxygen atoms in total. The molecule has 0 aliphatic rings. The minimum atomic E-state index is -2.70. The second-order valence-corrected chi connectivity index (χ2v) is 3.75. The minimum absolute atomic E-state index is 0.331. The maximum absolute atomic E-state index is 10.2. The molecule has 1 rings (SSSR count). The number of primary amides is 1. The van der Waals surface area contributed by atoms with Gasteiger partial charge in [-0.3, -0.25) is 4.21 Å². The van der Waals surface area contributed by atoms with Crippen LogP contribution in [0, 0.1) is 0 Å². The molecule has 88 valence electrons. The first kappa shape index (κ1) is 14.4. The molecule has 0 saturated heterocycles. The van der Waals surface area contributed by atoms with Gasteiger partial charge >= 0.3 is 16.5 Å². The lowest BCUT2D eigenvalue weighted by molar-refractivity contribution is 0.257. The Bertz CT molecular complexity index is 489. The van der Waals surface area contributed by atoms with E-state index in [1.807, 2.05) is 0 Å². The van der Waals surface area contributed by atoms with Gasteiger partial charge in [0.1, 0.15) is 0 Å². The van der Waals surface area contributed by atoms with Crippen LogP contribution in [0.3, 0.4) is 0 Å². The van der Waals surface area contributed by atoms with Crippen LogP contribution < -0.4 is 5.73 Å². The number of hydrogen-bond acceptors (Lipinski definition) is 5. The van der Waals surface area contributed by atoms with E-state index >= 15 is 0 Å². The standard InChI is InChI=1S/C6H6O2S.CH2N2O3S/c7-9(8)6-4-2-1-3-5-6;2-1(4)3-7(5)6/h1-5H,(H,7,8);(H2,2,4)/p-1. The summed E-state index contributed by atoms with van der Waals surface area (Å²) < 4.78 is 41.4. The van der Waals surface area contributed by atoms with Crippen LogP contribution in [0.1, 0.15) is 0 Å². The predicted octanol–water partition coefficient (Wildman–Crippen LogP) is 0.0524. The van der Waals surface area contributed by atoms with Crippen molar-refractivity contribution in [3.63, 3.8) is 0 Å². The third-order valence-electron chi connectivity index (χ3n) is 1.10. The maximum atomic E-state index is 10.2. The zero-order valence-corrected chi connectivity index (χ0v) is 9.40. The van der Waals surface area contributed by atoms with Crippen LogP contribution in [0.4, 0.5) is 4.79 Å². The van der Waals surface area contributed by atoms with E-state index in [4.69, 9.17) is 0 Å². The van der Waals surface area contributed by atoms with E-state index in [2.05, 4.69) is 10.1 Å². The summed E-state index contributed by atoms with van der Waals surface area (Å²) >= 11 is -2.08. The molecule has 0 spiro atoms. The number of urea groups is 1. The Labute approximate surface area is 95.3 Å². The van der Waals surface area contributed by atoms with E-state index in [1.54, 1.807) is 30.3 Å². The maximum Gasteiger partial charge on any atom is 0.353 e. The second kappa shape index (κ2) is 7.68. The molecule has 0 aromatic heterocycles. The fraction of sp³-hybridized carbons (Fsp3) is 0. The van der Waals surface area contributed by atoms with Gasteiger partial charge < -0.3 is 10.3 Å². The topological polar surface area (TPSA) is 130 Å². The normalized spacial score (nSPS) is 10.6. The van der Waals surface area contributed by atoms with Crippen molar-refractivity contribution in [3.05, 3.63) is 30.3 Å². The number of benzene rings is 1. The molecule has 2 N–H and O–H groups in total. The van der Waals surface area contributed by atoms with Gasteiger partial charge in [0.15, 0.2) is 0 Å². The molecule has 0 radical (unpaired) electrons. The van der Waals surface area contributed by atoms with Crippen molar-refractivity contribution in [3.8, 4) is 0 Å². The van der Waals surface area contributed by atoms with Crippen LogP contribution in [-0.2, 0) is 21.6 Å². The Morgan fingerprint density at radius 2 is 1.69 bits per heavy atom. The van der Waals surface area contributed by atoms with E-state index in [0.29, 0.717) is 4.90 Å². The van der Waals surface area contributed by atoms with Crippen LogP contribution >= 0.6 is 0 Å². The molecule has 9 heteroatoms. The van der Waals surface area contributed by atoms with E-state index < -0.39 is 27.6 Å². The average molecular weight is 263 g/mol. The van der Waals surface area contributed by atoms with Crippen molar-refractivity contribution in [2.75, 3.05) is 0 Å². The highest BCUT2D eigenvalue weighted by atomic mass is 32.2. The highest BCUT2D eigenvalue weighted by Crippen LogP contribution is 2.00. The summed E-state index contributed by atoms with van der Waals surface area (Å²) in [6.07, 6.45) is 0. The monoisotopic (exact) mass is 263 g/mol. The van der Waals surface area contributed by atoms with Gasteiger partial charge in [0.25, 0.3) is 0 Å². The summed E-state index contributed by atoms with van der Waals surface area (Å²) in [4.78, 5) is 9.80. The van der Waals surface area contributed by atoms with Gasteiger partial charge in [-0.15, -0.1) is 0 Å². The molecule has 2 amide bonds. The van der Waals surface area contributed by atoms with Crippen LogP contribution in [0.5, 0.6) is 0 Å². The molecule has 16 heavy (non-hydrogen) atoms. The lowest BCUT2D eigenvalue weighted by atomic mass is 10.4. The average Bonchev–Trinajstić information content (AvgIpc) is 2.17. The van der Waals surface area contributed by atoms with Gasteiger partial charge in [-0.05, 0) is 23.2 Å². The number of carbonyl (C=O) groups excluding carboxylic acids is 1. The zero-order valence-electron chi connectivity index (χ0n) is 7.77. The first-order chi connectivity index (χ1) is 7.43. The third-order valence-corrected chi connectivity index (χ3v) is 2.09. The van der Waals surface area contributed by atoms with Crippen LogP contribution in [0.15, 0.2) is 39.6 Å². The summed E-state index contributed by atoms with van der Waals surface area (Å²) in [5.74, 6) is 0. The van der Waals surface area contributed by atoms with Gasteiger partial charge in [-0.25, -0.2) is 4.79 Å². The summed E-state index contributed by atoms with van der Waals surface area (Å²) in [6, 6.07) is 7.03. The van der Waals surface area contributed by atoms with E-state index in [-0.39, 0.29) is 0 Å². The Morgan fingerprint density at radius 3 is 1.88 bits per heavy atom. The number of amides is 2. The number of carbonyl (C=O) groups is 1. The molecule has 1 aromatic rings. The highest BCUT2D eigenvalue weighted by Gasteiger charge is 1.84. The predicted molar refractivity (Wildman–Crippen MR) is 54.6 cm³/mol. The Kier molecular flexibility index (Phi) is 6.92. The molecule has 0 fully saturated rings. The van der Waals surface area contributed by atoms with E-state index in [9.17, 15) is 22.0 Å². The number of nitrogens with zero attached hydrogens (tertiary/aromatic N) is 1. The van der Waals surface area contributed by atoms with Crippen LogP contribution in [0.2, 0.25) is 0 Å². The minimum Gasteiger partial charge on any atom is -0.768 e. The summed E-state index contributed by atoms with van der Waals surface area (Å²) in [6.45, 7) is 0. The van der Waals surface area contributed by atoms with Crippen molar-refractivity contribution in [2.45, 2.75) is 4.90 Å². The first-order valence-electron chi connectivity index (χ1n) is 3.68. The van der Waals surface area contributed by atoms with Gasteiger partial charge in [-0.1, -0.05) is 22.6 Å². The Morgan fingerprint density at radius 1 is 1.19 bits per heavy atom. The zero-order chi connectivity index (χ0) is 12.6. The van der Waals surface area contributed by atoms with Crippen molar-refractivity contribution in [1.82, 2.24) is 0 Å². The van der Waals surface area contributed by atoms with Gasteiger partial charge in [0, 0.05) is 4.90 Å². The van der Waals surface area contributed by atoms with Crippen LogP contribution in [0.25, 0.3) is 0 Å². The SMILES string of the molecule is NC(=O)N=S(=O)=O.O=S([O-])c1ccccc1. The van der Waals surface area contributed by atoms with Gasteiger partial charge in [0.05, 0.1) is 0 Å². The number of nitrogens with two attached hydrogens (primary N) is 1. The van der Waals surface area contributed by atoms with Gasteiger partial charge in [0.2, 0.25) is 0 Å². The third kappa shape index (κ3) is 7.79. The fourth-order valence-corrected chi connectivity index (χ4v) is 1.13. The molecule has 1 aromatic carbocycles. The Balaban J connectivity index is 0.000000293. The molecular formula is C7H7N2O5S2-. The highest BCUT2D eigenvalue weighted by molar-refractivity contribution is 7.79. The largest absolute Gasteiger partial charge is 0.768 e. The summed E-state index contributed by atoms with van der Waals surface area (Å²) in [5, 5.41) is 0. The van der Waals surface area contributed by atoms with Crippen LogP contribution in [-0.4, -0.2) is 23.2 Å². The molecule has 0 bridgehead atoms. The van der Waals surface area contributed by atoms with E-state index in [1.165, 1.54) is 0 Å². The van der Waals surface area contributed by atoms with E-state index in [0.717, 1.165) is 0 Å². The lowest BCUT2D eigenvalue weighted by Gasteiger charge is -2.01. The number of rotatable bonds is 1. The number of hydrogen-bond donors (Lipinski definition) is 1. The molecular weight excluding hydrogens is 256 g/mol. The molecule has 0 heterocycles. The molecule has 0 saturated carbocycles. The van der Waals surface area contributed by atoms with Crippen molar-refractivity contribution in [1.29, 1.82) is 0 Å². The lowest BCUT2D eigenvalue weighted by Crippen LogP contribution is -2.02. The molecule has 0 aliphatic carbocycles. The van der Waals surface area contributed by atoms with Crippen molar-refractivity contribution in [2.24, 2.45) is 10.1 Å². The Hall–Kier alpha value is -1.58. The smallest absolute Gasteiger partial charge is 0.353 e. The summed E-state index contributed by atoms with van der Waals surface area (Å²) in [5.41, 5.74) is 4.29. The molecule has 1 atom stereocenters. The fourth-order valence-electron chi connectivity index (χ4n) is 0.605. The second-order valence-electron chi connectivity index (χ2n) is 2.19. The van der Waals surface area contributed by atoms with Crippen molar-refractivity contribution >= 4 is 27.6 Å². The molecule has 0 aliphatic heterocycles. The molecule has 1 unspecified atom stereocenters. The summed E-state index contributed by atoms with van der Waals surface area (Å²) in [7, 11) is -2.70. The first-order valence-corrected chi connectivity index (χ1v) is 5.79. The quantitative estimate of drug-likeness (QED) is 0.715.